The molecule has 176 valence electrons. The summed E-state index contributed by atoms with van der Waals surface area (Å²) in [5, 5.41) is -0.156. The molecule has 0 atom stereocenters. The molecule has 0 aliphatic heterocycles. The number of halogens is 2. The molecule has 0 aliphatic rings. The van der Waals surface area contributed by atoms with Crippen molar-refractivity contribution in [1.82, 2.24) is 19.2 Å². The van der Waals surface area contributed by atoms with Gasteiger partial charge < -0.3 is 18.9 Å². The third-order valence-corrected chi connectivity index (χ3v) is 5.67. The molecule has 1 heterocycles. The Hall–Kier alpha value is -3.06. The number of aryl methyl sites for hydroxylation is 2. The average Bonchev–Trinajstić information content (AvgIpc) is 3.06. The van der Waals surface area contributed by atoms with Gasteiger partial charge in [-0.1, -0.05) is 12.1 Å². The van der Waals surface area contributed by atoms with Crippen molar-refractivity contribution >= 4 is 21.9 Å². The van der Waals surface area contributed by atoms with Gasteiger partial charge in [0, 0.05) is 33.4 Å². The first-order chi connectivity index (χ1) is 15.0. The highest BCUT2D eigenvalue weighted by molar-refractivity contribution is 7.89. The van der Waals surface area contributed by atoms with Crippen LogP contribution in [0, 0.1) is 6.92 Å². The molecule has 0 bridgehead atoms. The van der Waals surface area contributed by atoms with Gasteiger partial charge in [-0.2, -0.15) is 8.78 Å². The second-order valence-corrected chi connectivity index (χ2v) is 8.53. The second kappa shape index (κ2) is 11.0. The Morgan fingerprint density at radius 3 is 2.47 bits per heavy atom. The number of nitrogens with one attached hydrogen (secondary N) is 1. The highest BCUT2D eigenvalue weighted by Gasteiger charge is 2.19. The smallest absolute Gasteiger partial charge is 0.387 e. The summed E-state index contributed by atoms with van der Waals surface area (Å²) >= 11 is 0. The molecule has 1 amide bonds. The fourth-order valence-electron chi connectivity index (χ4n) is 2.48. The molecule has 1 aromatic heterocycles. The zero-order valence-corrected chi connectivity index (χ0v) is 18.6. The molecule has 0 fully saturated rings. The van der Waals surface area contributed by atoms with Crippen molar-refractivity contribution in [2.75, 3.05) is 20.2 Å². The summed E-state index contributed by atoms with van der Waals surface area (Å²) in [6.45, 7) is -1.84. The van der Waals surface area contributed by atoms with Gasteiger partial charge in [-0.05, 0) is 24.6 Å². The maximum absolute atomic E-state index is 12.2. The average molecular weight is 474 g/mol. The normalized spacial score (nSPS) is 11.4. The van der Waals surface area contributed by atoms with E-state index in [1.165, 1.54) is 42.4 Å². The lowest BCUT2D eigenvalue weighted by atomic mass is 10.2. The van der Waals surface area contributed by atoms with Crippen LogP contribution >= 0.6 is 0 Å². The number of aromatic nitrogens is 2. The molecule has 1 aromatic carbocycles. The van der Waals surface area contributed by atoms with Crippen LogP contribution < -0.4 is 9.46 Å². The molecule has 0 unspecified atom stereocenters. The number of alkyl halides is 2. The minimum atomic E-state index is -3.86. The van der Waals surface area contributed by atoms with Crippen molar-refractivity contribution in [1.29, 1.82) is 0 Å². The Morgan fingerprint density at radius 2 is 1.91 bits per heavy atom. The largest absolute Gasteiger partial charge is 0.456 e. The van der Waals surface area contributed by atoms with Gasteiger partial charge in [0.2, 0.25) is 0 Å². The molecule has 13 heteroatoms. The van der Waals surface area contributed by atoms with Gasteiger partial charge in [0.25, 0.3) is 15.9 Å². The summed E-state index contributed by atoms with van der Waals surface area (Å²) in [7, 11) is -0.717. The van der Waals surface area contributed by atoms with Crippen LogP contribution in [0.4, 0.5) is 8.78 Å². The highest BCUT2D eigenvalue weighted by atomic mass is 32.2. The molecule has 0 spiro atoms. The van der Waals surface area contributed by atoms with Crippen molar-refractivity contribution in [3.63, 3.8) is 0 Å². The summed E-state index contributed by atoms with van der Waals surface area (Å²) in [6, 6.07) is 5.77. The maximum Gasteiger partial charge on any atom is 0.387 e. The Labute approximate surface area is 184 Å². The van der Waals surface area contributed by atoms with E-state index in [1.54, 1.807) is 18.5 Å². The van der Waals surface area contributed by atoms with Gasteiger partial charge in [-0.25, -0.2) is 18.1 Å². The zero-order valence-electron chi connectivity index (χ0n) is 17.7. The number of hydrogen-bond donors (Lipinski definition) is 1. The number of ether oxygens (including phenoxy) is 2. The van der Waals surface area contributed by atoms with E-state index in [1.807, 2.05) is 0 Å². The van der Waals surface area contributed by atoms with Crippen molar-refractivity contribution < 1.29 is 36.3 Å². The van der Waals surface area contributed by atoms with Gasteiger partial charge in [0.05, 0.1) is 6.42 Å². The number of rotatable bonds is 11. The predicted octanol–water partition coefficient (Wildman–Crippen LogP) is 1.20. The topological polar surface area (TPSA) is 120 Å². The summed E-state index contributed by atoms with van der Waals surface area (Å²) < 4.78 is 61.5. The number of amides is 1. The fourth-order valence-corrected chi connectivity index (χ4v) is 3.55. The number of esters is 1. The summed E-state index contributed by atoms with van der Waals surface area (Å²) in [6.07, 6.45) is 1.08. The zero-order chi connectivity index (χ0) is 23.9. The predicted molar refractivity (Wildman–Crippen MR) is 108 cm³/mol. The fraction of sp³-hybridized carbons (Fsp3) is 0.421. The molecule has 1 N–H and O–H groups in total. The van der Waals surface area contributed by atoms with Crippen molar-refractivity contribution in [2.24, 2.45) is 7.05 Å². The number of imidazole rings is 1. The molecule has 0 saturated carbocycles. The number of likely N-dealkylation sites (N-methyl/N-ethyl adjacent to an activating group) is 1. The minimum Gasteiger partial charge on any atom is -0.456 e. The standard InChI is InChI=1S/C19H24F2N4O6S/c1-13-23-16(11-24(13)2)32(28,29)22-9-8-18(27)30-12-17(26)25(3)10-14-4-6-15(7-5-14)31-19(20)21/h4-7,11,19,22H,8-10,12H2,1-3H3. The van der Waals surface area contributed by atoms with Crippen molar-refractivity contribution in [2.45, 2.75) is 31.5 Å². The number of benzene rings is 1. The molecular weight excluding hydrogens is 450 g/mol. The van der Waals surface area contributed by atoms with E-state index in [9.17, 15) is 26.8 Å². The van der Waals surface area contributed by atoms with Crippen LogP contribution in [0.2, 0.25) is 0 Å². The van der Waals surface area contributed by atoms with Crippen molar-refractivity contribution in [3.8, 4) is 5.75 Å². The molecular formula is C19H24F2N4O6S. The quantitative estimate of drug-likeness (QED) is 0.486. The first-order valence-electron chi connectivity index (χ1n) is 9.41. The van der Waals surface area contributed by atoms with Gasteiger partial charge in [0.1, 0.15) is 11.6 Å². The van der Waals surface area contributed by atoms with Crippen LogP contribution in [0.5, 0.6) is 5.75 Å². The molecule has 0 radical (unpaired) electrons. The van der Waals surface area contributed by atoms with Crippen LogP contribution in [0.1, 0.15) is 17.8 Å². The number of nitrogens with zero attached hydrogens (tertiary/aromatic N) is 3. The number of carbonyl (C=O) groups excluding carboxylic acids is 2. The summed E-state index contributed by atoms with van der Waals surface area (Å²) in [5.41, 5.74) is 0.660. The molecule has 32 heavy (non-hydrogen) atoms. The van der Waals surface area contributed by atoms with Gasteiger partial charge in [-0.3, -0.25) is 9.59 Å². The van der Waals surface area contributed by atoms with Gasteiger partial charge in [-0.15, -0.1) is 0 Å². The van der Waals surface area contributed by atoms with Gasteiger partial charge in [0.15, 0.2) is 11.6 Å². The van der Waals surface area contributed by atoms with Crippen LogP contribution in [0.3, 0.4) is 0 Å². The first-order valence-corrected chi connectivity index (χ1v) is 10.9. The Balaban J connectivity index is 1.73. The summed E-state index contributed by atoms with van der Waals surface area (Å²) in [4.78, 5) is 29.1. The van der Waals surface area contributed by atoms with E-state index in [0.717, 1.165) is 0 Å². The minimum absolute atomic E-state index is 0.000429. The Bertz CT molecular complexity index is 1020. The SMILES string of the molecule is Cc1nc(S(=O)(=O)NCCC(=O)OCC(=O)N(C)Cc2ccc(OC(F)F)cc2)cn1C. The Kier molecular flexibility index (Phi) is 8.66. The van der Waals surface area contributed by atoms with Crippen LogP contribution in [0.15, 0.2) is 35.5 Å². The van der Waals surface area contributed by atoms with Gasteiger partial charge >= 0.3 is 12.6 Å². The Morgan fingerprint density at radius 1 is 1.25 bits per heavy atom. The molecule has 2 rings (SSSR count). The molecule has 0 saturated heterocycles. The van der Waals surface area contributed by atoms with Crippen molar-refractivity contribution in [3.05, 3.63) is 41.9 Å². The second-order valence-electron chi connectivity index (χ2n) is 6.82. The van der Waals surface area contributed by atoms with Crippen LogP contribution in [-0.4, -0.2) is 61.6 Å². The van der Waals surface area contributed by atoms with E-state index in [4.69, 9.17) is 4.74 Å². The van der Waals surface area contributed by atoms with E-state index in [-0.39, 0.29) is 30.3 Å². The lowest BCUT2D eigenvalue weighted by Gasteiger charge is -2.17. The number of hydrogen-bond acceptors (Lipinski definition) is 7. The van der Waals surface area contributed by atoms with Crippen LogP contribution in [-0.2, 0) is 37.9 Å². The van der Waals surface area contributed by atoms with E-state index >= 15 is 0 Å². The summed E-state index contributed by atoms with van der Waals surface area (Å²) in [5.74, 6) is -0.721. The monoisotopic (exact) mass is 474 g/mol. The third kappa shape index (κ3) is 7.57. The number of sulfonamides is 1. The highest BCUT2D eigenvalue weighted by Crippen LogP contribution is 2.15. The lowest BCUT2D eigenvalue weighted by molar-refractivity contribution is -0.151. The first kappa shape index (κ1) is 25.2. The maximum atomic E-state index is 12.2. The lowest BCUT2D eigenvalue weighted by Crippen LogP contribution is -2.32. The third-order valence-electron chi connectivity index (χ3n) is 4.33. The van der Waals surface area contributed by atoms with Crippen LogP contribution in [0.25, 0.3) is 0 Å². The van der Waals surface area contributed by atoms with E-state index < -0.39 is 35.1 Å². The van der Waals surface area contributed by atoms with E-state index in [0.29, 0.717) is 11.4 Å². The van der Waals surface area contributed by atoms with E-state index in [2.05, 4.69) is 14.4 Å². The molecule has 2 aromatic rings. The molecule has 0 aliphatic carbocycles. The molecule has 10 nitrogen and oxygen atoms in total. The number of carbonyl (C=O) groups is 2.